The molecule has 14 aromatic carbocycles. The Hall–Kier alpha value is -7.34. The van der Waals surface area contributed by atoms with Gasteiger partial charge in [0.25, 0.3) is 6.47 Å². The first-order valence-corrected chi connectivity index (χ1v) is 53.6. The van der Waals surface area contributed by atoms with Crippen LogP contribution in [-0.4, -0.2) is 147 Å². The molecule has 36 heteroatoms. The Bertz CT molecular complexity index is 5830. The van der Waals surface area contributed by atoms with Gasteiger partial charge in [-0.15, -0.1) is 20.4 Å². The largest absolute Gasteiger partial charge is 1.00 e. The molecular formula is C112H112BCl5Cs2F2N12O9P4Pd. The Morgan fingerprint density at radius 1 is 0.459 bits per heavy atom. The second kappa shape index (κ2) is 63.5. The summed E-state index contributed by atoms with van der Waals surface area (Å²) in [5.74, 6) is -0.204. The van der Waals surface area contributed by atoms with Crippen LogP contribution in [0.2, 0.25) is 25.2 Å². The minimum Gasteiger partial charge on any atom is -1.00 e. The molecule has 19 rings (SSSR count). The number of nitrogen functional groups attached to an aromatic ring is 2. The summed E-state index contributed by atoms with van der Waals surface area (Å²) >= 11 is 29.6. The summed E-state index contributed by atoms with van der Waals surface area (Å²) in [4.78, 5) is 37.0. The van der Waals surface area contributed by atoms with E-state index in [0.717, 1.165) is 6.07 Å². The maximum Gasteiger partial charge on any atom is 1.00 e. The SMILES string of the molecule is CC(C)(C)OC(=O)N1CCN(c2nnc(Cl)c(N)n2)C[C@@H]1CO.CC1(C)OB(c2cc(F)cc(Cl)c2Cl)OC1(C)C.Nc1nc(N2CCN[C@@H](CO)C2)nnc1-c1cc(F)cc(Cl)c1Cl.O=CO[O-].[Cs+].[Cs+].[H-].[Pd].c1ccc(P(c2ccccc2)c2ccccc2)cc1.c1ccc(P(c2ccccc2)c2ccccc2)cc1.c1ccc(P(c2ccccc2)c2ccccc2)cc1.c1ccc(P(c2ccccc2)c2ccccc2)cc1. The Kier molecular flexibility index (Phi) is 53.3. The third-order valence-corrected chi connectivity index (χ3v) is 34.4. The smallest absolute Gasteiger partial charge is 1.00 e. The first-order valence-electron chi connectivity index (χ1n) is 46.3. The molecule has 0 radical (unpaired) electrons. The van der Waals surface area contributed by atoms with Crippen molar-refractivity contribution in [3.05, 3.63) is 425 Å². The molecule has 0 spiro atoms. The number of rotatable bonds is 19. The van der Waals surface area contributed by atoms with E-state index in [-0.39, 0.29) is 234 Å². The van der Waals surface area contributed by atoms with Gasteiger partial charge in [-0.25, -0.2) is 13.6 Å². The number of hydrogen-bond donors (Lipinski definition) is 5. The van der Waals surface area contributed by atoms with Crippen molar-refractivity contribution in [2.24, 2.45) is 0 Å². The molecule has 0 unspecified atom stereocenters. The standard InChI is InChI=1S/4C18H15P.C14H15Cl2FN6O.C13H21ClN6O3.C12H14BCl2FO2.CH2O3.2Cs.Pd.H/c4*1-4-10-16(11-5-1)19(17-12-6-2-7-13-17)18-14-8-3-9-15-18;15-10-4-7(17)3-9(11(10)16)12-13(18)20-14(22-21-12)23-2-1-19-8(5-23)6-24;1-13(2,3)23-12(22)20-5-4-19(6-8(20)7-21)11-16-10(15)9(14)17-18-11;1-11(2)12(3,4)18-13(17-11)8-5-7(16)6-9(14)10(8)15;2-1-4-3;;;;/h4*1-15H;3-4,8,19,24H,1-2,5-6H2,(H2,18,20,22);8,21H,4-7H2,1-3H3,(H2,15,16,18);5-6H,1-4H3;1,3H;;;;/q;;;;;;;;2*+1;;-1/p-1/t;;;;2*8-;;;;;;/m....11....../s1. The molecule has 148 heavy (non-hydrogen) atoms. The van der Waals surface area contributed by atoms with E-state index in [2.05, 4.69) is 405 Å². The maximum atomic E-state index is 13.6. The van der Waals surface area contributed by atoms with Crippen LogP contribution in [-0.2, 0) is 44.2 Å². The number of halogens is 7. The van der Waals surface area contributed by atoms with E-state index in [1.54, 1.807) is 25.7 Å². The van der Waals surface area contributed by atoms with Gasteiger partial charge in [0.2, 0.25) is 11.9 Å². The molecule has 3 fully saturated rings. The van der Waals surface area contributed by atoms with Crippen LogP contribution in [0.4, 0.5) is 37.1 Å². The fourth-order valence-electron chi connectivity index (χ4n) is 15.1. The number of amides is 1. The Morgan fingerprint density at radius 2 is 0.750 bits per heavy atom. The maximum absolute atomic E-state index is 13.6. The van der Waals surface area contributed by atoms with Crippen LogP contribution >= 0.6 is 89.7 Å². The number of nitrogens with two attached hydrogens (primary N) is 2. The molecule has 3 aliphatic rings. The van der Waals surface area contributed by atoms with Crippen molar-refractivity contribution in [3.8, 4) is 11.3 Å². The Labute approximate surface area is 1030 Å². The summed E-state index contributed by atoms with van der Waals surface area (Å²) < 4.78 is 44.0. The first-order chi connectivity index (χ1) is 70.0. The number of benzene rings is 14. The number of carbonyl (C=O) groups excluding carboxylic acids is 2. The molecule has 0 aliphatic carbocycles. The Morgan fingerprint density at radius 3 is 1.03 bits per heavy atom. The van der Waals surface area contributed by atoms with Gasteiger partial charge in [0.05, 0.1) is 50.5 Å². The molecule has 0 bridgehead atoms. The van der Waals surface area contributed by atoms with Crippen LogP contribution in [0.5, 0.6) is 0 Å². The summed E-state index contributed by atoms with van der Waals surface area (Å²) in [6.07, 6.45) is -0.453. The minimum absolute atomic E-state index is 0. The predicted molar refractivity (Wildman–Crippen MR) is 597 cm³/mol. The van der Waals surface area contributed by atoms with Gasteiger partial charge in [0, 0.05) is 76.8 Å². The van der Waals surface area contributed by atoms with Crippen molar-refractivity contribution in [1.82, 2.24) is 40.6 Å². The topological polar surface area (TPSA) is 286 Å². The minimum atomic E-state index is -0.712. The first kappa shape index (κ1) is 124. The van der Waals surface area contributed by atoms with E-state index >= 15 is 0 Å². The zero-order chi connectivity index (χ0) is 103. The third-order valence-electron chi connectivity index (χ3n) is 22.7. The molecule has 3 aliphatic heterocycles. The zero-order valence-electron chi connectivity index (χ0n) is 84.1. The fraction of sp³-hybridized carbons (Fsp3) is 0.179. The number of ether oxygens (including phenoxy) is 1. The van der Waals surface area contributed by atoms with Gasteiger partial charge in [-0.1, -0.05) is 422 Å². The van der Waals surface area contributed by atoms with Gasteiger partial charge in [-0.2, -0.15) is 9.97 Å². The summed E-state index contributed by atoms with van der Waals surface area (Å²) in [5, 5.41) is 63.6. The van der Waals surface area contributed by atoms with Crippen LogP contribution in [0.25, 0.3) is 11.3 Å². The molecule has 0 saturated carbocycles. The van der Waals surface area contributed by atoms with Crippen molar-refractivity contribution in [2.45, 2.75) is 77.4 Å². The van der Waals surface area contributed by atoms with Crippen LogP contribution in [0.3, 0.4) is 0 Å². The quantitative estimate of drug-likeness (QED) is 0.0126. The van der Waals surface area contributed by atoms with Crippen LogP contribution in [0, 0.1) is 11.6 Å². The van der Waals surface area contributed by atoms with Crippen molar-refractivity contribution >= 4 is 202 Å². The number of anilines is 4. The van der Waals surface area contributed by atoms with Crippen LogP contribution in [0.1, 0.15) is 49.9 Å². The number of nitrogens with one attached hydrogen (secondary N) is 1. The number of nitrogens with zero attached hydrogens (tertiary/aromatic N) is 9. The molecular weight excluding hydrogens is 2380 g/mol. The van der Waals surface area contributed by atoms with Crippen LogP contribution in [0.15, 0.2) is 388 Å². The number of aliphatic hydroxyl groups is 2. The van der Waals surface area contributed by atoms with E-state index in [9.17, 15) is 23.8 Å². The summed E-state index contributed by atoms with van der Waals surface area (Å²) in [5.41, 5.74) is 10.8. The number of aromatic nitrogens is 6. The van der Waals surface area contributed by atoms with Crippen molar-refractivity contribution in [1.29, 1.82) is 0 Å². The van der Waals surface area contributed by atoms with Gasteiger partial charge in [0.1, 0.15) is 22.9 Å². The molecule has 21 nitrogen and oxygen atoms in total. The van der Waals surface area contributed by atoms with Crippen molar-refractivity contribution in [2.75, 3.05) is 73.7 Å². The monoisotopic (exact) mass is 2490 g/mol. The molecule has 16 aromatic rings. The zero-order valence-corrected chi connectivity index (χ0v) is 105. The van der Waals surface area contributed by atoms with E-state index in [4.69, 9.17) is 93.6 Å². The molecule has 7 N–H and O–H groups in total. The average Bonchev–Trinajstić information content (AvgIpc) is 1.62. The number of aliphatic hydroxyl groups excluding tert-OH is 2. The predicted octanol–water partition coefficient (Wildman–Crippen LogP) is 11.6. The molecule has 3 saturated heterocycles. The second-order valence-corrected chi connectivity index (χ2v) is 45.4. The second-order valence-electron chi connectivity index (χ2n) is 34.6. The van der Waals surface area contributed by atoms with E-state index < -0.39 is 79.4 Å². The van der Waals surface area contributed by atoms with Gasteiger partial charge < -0.3 is 62.4 Å². The van der Waals surface area contributed by atoms with Gasteiger partial charge >= 0.3 is 151 Å². The molecule has 2 aromatic heterocycles. The molecule has 5 heterocycles. The summed E-state index contributed by atoms with van der Waals surface area (Å²) in [6, 6.07) is 134. The van der Waals surface area contributed by atoms with Crippen molar-refractivity contribution in [3.63, 3.8) is 0 Å². The average molecular weight is 2490 g/mol. The normalized spacial score (nSPS) is 14.0. The number of carbonyl (C=O) groups is 2. The van der Waals surface area contributed by atoms with Gasteiger partial charge in [-0.05, 0) is 168 Å². The van der Waals surface area contributed by atoms with Crippen LogP contribution < -0.4 is 239 Å². The molecule has 2 atom stereocenters. The van der Waals surface area contributed by atoms with E-state index in [0.29, 0.717) is 56.6 Å². The molecule has 758 valence electrons. The number of piperazine rings is 2. The Balaban J connectivity index is 0.000000210. The summed E-state index contributed by atoms with van der Waals surface area (Å²) in [7, 11) is -2.50. The van der Waals surface area contributed by atoms with Gasteiger partial charge in [0.15, 0.2) is 16.8 Å². The van der Waals surface area contributed by atoms with E-state index in [1.165, 1.54) is 86.8 Å². The fourth-order valence-corrected chi connectivity index (χ4v) is 25.3. The summed E-state index contributed by atoms with van der Waals surface area (Å²) in [6.45, 7) is 15.7. The van der Waals surface area contributed by atoms with Gasteiger partial charge in [-0.3, -0.25) is 9.69 Å². The van der Waals surface area contributed by atoms with Crippen molar-refractivity contribution < 1.29 is 212 Å². The molecule has 1 amide bonds. The third kappa shape index (κ3) is 37.0. The van der Waals surface area contributed by atoms with E-state index in [1.807, 2.05) is 32.6 Å². The number of hydrogen-bond acceptors (Lipinski definition) is 20.